The second-order valence-electron chi connectivity index (χ2n) is 2.97. The molecular formula is C10H12NO2. The summed E-state index contributed by atoms with van der Waals surface area (Å²) in [4.78, 5) is 0. The topological polar surface area (TPSA) is 32.6 Å². The highest BCUT2D eigenvalue weighted by atomic mass is 16.5. The molecule has 0 fully saturated rings. The Hall–Kier alpha value is -1.38. The summed E-state index contributed by atoms with van der Waals surface area (Å²) in [5.41, 5.74) is 2.29. The predicted octanol–water partition coefficient (Wildman–Crippen LogP) is 1.50. The molecule has 3 heteroatoms. The van der Waals surface area contributed by atoms with Crippen LogP contribution in [-0.4, -0.2) is 20.8 Å². The third-order valence-electron chi connectivity index (χ3n) is 2.25. The maximum atomic E-state index is 5.19. The van der Waals surface area contributed by atoms with Crippen LogP contribution in [-0.2, 0) is 6.42 Å². The molecular weight excluding hydrogens is 166 g/mol. The summed E-state index contributed by atoms with van der Waals surface area (Å²) in [7, 11) is 3.29. The normalized spacial score (nSPS) is 13.4. The Bertz CT molecular complexity index is 292. The maximum Gasteiger partial charge on any atom is 0.162 e. The highest BCUT2D eigenvalue weighted by Gasteiger charge is 2.15. The van der Waals surface area contributed by atoms with Gasteiger partial charge in [-0.1, -0.05) is 0 Å². The third kappa shape index (κ3) is 1.30. The number of rotatable bonds is 2. The van der Waals surface area contributed by atoms with Crippen LogP contribution in [0.2, 0.25) is 0 Å². The van der Waals surface area contributed by atoms with E-state index in [4.69, 9.17) is 9.47 Å². The molecule has 1 aromatic rings. The SMILES string of the molecule is COc1cc2c(cc1OC)[N]CC2. The molecule has 0 aromatic heterocycles. The van der Waals surface area contributed by atoms with Gasteiger partial charge in [0.25, 0.3) is 0 Å². The lowest BCUT2D eigenvalue weighted by Crippen LogP contribution is -1.92. The second kappa shape index (κ2) is 3.17. The number of nitrogens with zero attached hydrogens (tertiary/aromatic N) is 1. The molecule has 0 atom stereocenters. The van der Waals surface area contributed by atoms with Crippen molar-refractivity contribution >= 4 is 5.69 Å². The smallest absolute Gasteiger partial charge is 0.162 e. The van der Waals surface area contributed by atoms with E-state index < -0.39 is 0 Å². The van der Waals surface area contributed by atoms with Crippen LogP contribution >= 0.6 is 0 Å². The lowest BCUT2D eigenvalue weighted by molar-refractivity contribution is 0.355. The lowest BCUT2D eigenvalue weighted by atomic mass is 10.1. The van der Waals surface area contributed by atoms with Crippen LogP contribution in [0.1, 0.15) is 5.56 Å². The molecule has 0 N–H and O–H groups in total. The molecule has 0 unspecified atom stereocenters. The zero-order valence-electron chi connectivity index (χ0n) is 7.83. The zero-order valence-corrected chi connectivity index (χ0v) is 7.83. The van der Waals surface area contributed by atoms with Crippen molar-refractivity contribution in [3.05, 3.63) is 17.7 Å². The molecule has 0 aliphatic carbocycles. The van der Waals surface area contributed by atoms with Gasteiger partial charge >= 0.3 is 0 Å². The van der Waals surface area contributed by atoms with Crippen molar-refractivity contribution in [3.8, 4) is 11.5 Å². The van der Waals surface area contributed by atoms with E-state index in [1.807, 2.05) is 12.1 Å². The molecule has 1 aliphatic rings. The van der Waals surface area contributed by atoms with Gasteiger partial charge in [-0.05, 0) is 18.1 Å². The molecule has 1 aromatic carbocycles. The van der Waals surface area contributed by atoms with Crippen molar-refractivity contribution in [2.75, 3.05) is 20.8 Å². The number of fused-ring (bicyclic) bond motifs is 1. The molecule has 3 nitrogen and oxygen atoms in total. The van der Waals surface area contributed by atoms with Gasteiger partial charge in [-0.15, -0.1) is 0 Å². The number of ether oxygens (including phenoxy) is 2. The first kappa shape index (κ1) is 8.23. The molecule has 0 saturated heterocycles. The van der Waals surface area contributed by atoms with Crippen LogP contribution in [0.3, 0.4) is 0 Å². The molecule has 0 amide bonds. The highest BCUT2D eigenvalue weighted by Crippen LogP contribution is 2.35. The number of benzene rings is 1. The van der Waals surface area contributed by atoms with Gasteiger partial charge in [-0.2, -0.15) is 0 Å². The van der Waals surface area contributed by atoms with Gasteiger partial charge in [0.2, 0.25) is 0 Å². The second-order valence-corrected chi connectivity index (χ2v) is 2.97. The molecule has 0 bridgehead atoms. The van der Waals surface area contributed by atoms with Crippen LogP contribution in [0.4, 0.5) is 5.69 Å². The van der Waals surface area contributed by atoms with Gasteiger partial charge < -0.3 is 9.47 Å². The van der Waals surface area contributed by atoms with Gasteiger partial charge in [0.15, 0.2) is 11.5 Å². The molecule has 1 radical (unpaired) electrons. The van der Waals surface area contributed by atoms with Crippen molar-refractivity contribution < 1.29 is 9.47 Å². The van der Waals surface area contributed by atoms with E-state index in [1.165, 1.54) is 5.56 Å². The standard InChI is InChI=1S/C10H12NO2/c1-12-9-5-7-3-4-11-8(7)6-10(9)13-2/h5-6H,3-4H2,1-2H3. The van der Waals surface area contributed by atoms with E-state index in [0.29, 0.717) is 0 Å². The van der Waals surface area contributed by atoms with Gasteiger partial charge in [-0.25, -0.2) is 0 Å². The molecule has 1 aliphatic heterocycles. The van der Waals surface area contributed by atoms with Crippen LogP contribution in [0.5, 0.6) is 11.5 Å². The van der Waals surface area contributed by atoms with E-state index in [2.05, 4.69) is 5.32 Å². The number of hydrogen-bond acceptors (Lipinski definition) is 2. The van der Waals surface area contributed by atoms with Gasteiger partial charge in [-0.3, -0.25) is 5.32 Å². The average Bonchev–Trinajstić information content (AvgIpc) is 2.62. The van der Waals surface area contributed by atoms with Crippen molar-refractivity contribution in [2.45, 2.75) is 6.42 Å². The Morgan fingerprint density at radius 2 is 1.85 bits per heavy atom. The van der Waals surface area contributed by atoms with E-state index in [-0.39, 0.29) is 0 Å². The van der Waals surface area contributed by atoms with Crippen LogP contribution in [0, 0.1) is 0 Å². The average molecular weight is 178 g/mol. The van der Waals surface area contributed by atoms with Gasteiger partial charge in [0, 0.05) is 12.6 Å². The largest absolute Gasteiger partial charge is 0.493 e. The monoisotopic (exact) mass is 178 g/mol. The Morgan fingerprint density at radius 1 is 1.15 bits per heavy atom. The Kier molecular flexibility index (Phi) is 2.00. The van der Waals surface area contributed by atoms with Crippen molar-refractivity contribution in [1.29, 1.82) is 0 Å². The van der Waals surface area contributed by atoms with Crippen LogP contribution < -0.4 is 14.8 Å². The summed E-state index contributed by atoms with van der Waals surface area (Å²) < 4.78 is 10.4. The summed E-state index contributed by atoms with van der Waals surface area (Å²) >= 11 is 0. The Balaban J connectivity index is 2.47. The first-order valence-corrected chi connectivity index (χ1v) is 4.27. The van der Waals surface area contributed by atoms with E-state index in [9.17, 15) is 0 Å². The summed E-state index contributed by atoms with van der Waals surface area (Å²) in [6, 6.07) is 3.94. The molecule has 69 valence electrons. The van der Waals surface area contributed by atoms with Crippen LogP contribution in [0.25, 0.3) is 0 Å². The van der Waals surface area contributed by atoms with Crippen molar-refractivity contribution in [2.24, 2.45) is 0 Å². The third-order valence-corrected chi connectivity index (χ3v) is 2.25. The summed E-state index contributed by atoms with van der Waals surface area (Å²) in [5.74, 6) is 1.55. The minimum atomic E-state index is 0.756. The Morgan fingerprint density at radius 3 is 2.54 bits per heavy atom. The molecule has 0 spiro atoms. The maximum absolute atomic E-state index is 5.19. The fraction of sp³-hybridized carbons (Fsp3) is 0.400. The highest BCUT2D eigenvalue weighted by molar-refractivity contribution is 5.58. The fourth-order valence-corrected chi connectivity index (χ4v) is 1.55. The van der Waals surface area contributed by atoms with Crippen LogP contribution in [0.15, 0.2) is 12.1 Å². The summed E-state index contributed by atoms with van der Waals surface area (Å²) in [6.07, 6.45) is 1.01. The van der Waals surface area contributed by atoms with Crippen molar-refractivity contribution in [1.82, 2.24) is 5.32 Å². The minimum absolute atomic E-state index is 0.756. The summed E-state index contributed by atoms with van der Waals surface area (Å²) in [5, 5.41) is 4.35. The molecule has 2 rings (SSSR count). The van der Waals surface area contributed by atoms with Gasteiger partial charge in [0.05, 0.1) is 19.9 Å². The first-order chi connectivity index (χ1) is 6.35. The fourth-order valence-electron chi connectivity index (χ4n) is 1.55. The predicted molar refractivity (Wildman–Crippen MR) is 49.9 cm³/mol. The van der Waals surface area contributed by atoms with E-state index in [0.717, 1.165) is 30.2 Å². The molecule has 0 saturated carbocycles. The lowest BCUT2D eigenvalue weighted by Gasteiger charge is -2.08. The first-order valence-electron chi connectivity index (χ1n) is 4.27. The van der Waals surface area contributed by atoms with E-state index in [1.54, 1.807) is 14.2 Å². The molecule has 13 heavy (non-hydrogen) atoms. The summed E-state index contributed by atoms with van der Waals surface area (Å²) in [6.45, 7) is 0.881. The Labute approximate surface area is 77.7 Å². The van der Waals surface area contributed by atoms with Gasteiger partial charge in [0.1, 0.15) is 0 Å². The zero-order chi connectivity index (χ0) is 9.26. The molecule has 1 heterocycles. The van der Waals surface area contributed by atoms with Crippen molar-refractivity contribution in [3.63, 3.8) is 0 Å². The number of hydrogen-bond donors (Lipinski definition) is 0. The quantitative estimate of drug-likeness (QED) is 0.687. The van der Waals surface area contributed by atoms with E-state index >= 15 is 0 Å². The minimum Gasteiger partial charge on any atom is -0.493 e. The number of methoxy groups -OCH3 is 2.